The van der Waals surface area contributed by atoms with E-state index < -0.39 is 0 Å². The first kappa shape index (κ1) is 6.99. The third-order valence-corrected chi connectivity index (χ3v) is 1.28. The average Bonchev–Trinajstić information content (AvgIpc) is 1.88. The third-order valence-electron chi connectivity index (χ3n) is 1.28. The molecule has 2 unspecified atom stereocenters. The molecule has 0 aromatic heterocycles. The van der Waals surface area contributed by atoms with Gasteiger partial charge in [0.2, 0.25) is 0 Å². The van der Waals surface area contributed by atoms with E-state index in [0.717, 1.165) is 0 Å². The second-order valence-electron chi connectivity index (χ2n) is 2.29. The number of hydrogen-bond donors (Lipinski definition) is 1. The zero-order valence-electron chi connectivity index (χ0n) is 5.54. The Kier molecular flexibility index (Phi) is 2.45. The number of aliphatic hydroxyl groups is 1. The molecule has 0 radical (unpaired) electrons. The predicted molar refractivity (Wildman–Crippen MR) is 32.2 cm³/mol. The van der Waals surface area contributed by atoms with E-state index in [2.05, 4.69) is 0 Å². The summed E-state index contributed by atoms with van der Waals surface area (Å²) < 4.78 is 10.4. The topological polar surface area (TPSA) is 38.7 Å². The zero-order chi connectivity index (χ0) is 6.69. The Hall–Kier alpha value is -0.120. The number of hydrogen-bond acceptors (Lipinski definition) is 3. The second-order valence-corrected chi connectivity index (χ2v) is 2.29. The normalized spacial score (nSPS) is 36.7. The van der Waals surface area contributed by atoms with Gasteiger partial charge in [0.25, 0.3) is 0 Å². The molecule has 0 amide bonds. The van der Waals surface area contributed by atoms with Crippen molar-refractivity contribution in [1.29, 1.82) is 0 Å². The standard InChI is InChI=1S/C6H12O3/c1-5-3-8-4-6(2-7)9-5/h5-7H,2-4H2,1H3. The molecular weight excluding hydrogens is 120 g/mol. The highest BCUT2D eigenvalue weighted by Crippen LogP contribution is 2.05. The molecule has 1 fully saturated rings. The molecule has 1 heterocycles. The molecule has 1 saturated heterocycles. The molecule has 54 valence electrons. The summed E-state index contributed by atoms with van der Waals surface area (Å²) in [5, 5.41) is 8.60. The largest absolute Gasteiger partial charge is 0.394 e. The molecule has 2 atom stereocenters. The molecule has 1 aliphatic rings. The minimum absolute atomic E-state index is 0.0599. The van der Waals surface area contributed by atoms with Gasteiger partial charge in [0.05, 0.1) is 25.9 Å². The minimum Gasteiger partial charge on any atom is -0.394 e. The van der Waals surface area contributed by atoms with Gasteiger partial charge in [-0.25, -0.2) is 0 Å². The summed E-state index contributed by atoms with van der Waals surface area (Å²) in [6, 6.07) is 0. The van der Waals surface area contributed by atoms with E-state index in [4.69, 9.17) is 14.6 Å². The molecule has 0 aliphatic carbocycles. The van der Waals surface area contributed by atoms with Crippen LogP contribution in [0, 0.1) is 0 Å². The Morgan fingerprint density at radius 2 is 2.33 bits per heavy atom. The summed E-state index contributed by atoms with van der Waals surface area (Å²) >= 11 is 0. The lowest BCUT2D eigenvalue weighted by molar-refractivity contribution is -0.143. The van der Waals surface area contributed by atoms with Crippen molar-refractivity contribution in [3.8, 4) is 0 Å². The average molecular weight is 132 g/mol. The van der Waals surface area contributed by atoms with Crippen LogP contribution in [-0.4, -0.2) is 37.1 Å². The molecule has 3 nitrogen and oxygen atoms in total. The molecular formula is C6H12O3. The molecule has 0 bridgehead atoms. The van der Waals surface area contributed by atoms with Crippen molar-refractivity contribution >= 4 is 0 Å². The Bertz CT molecular complexity index is 84.4. The van der Waals surface area contributed by atoms with Gasteiger partial charge in [0.15, 0.2) is 0 Å². The Morgan fingerprint density at radius 1 is 1.56 bits per heavy atom. The maximum atomic E-state index is 8.60. The molecule has 0 spiro atoms. The monoisotopic (exact) mass is 132 g/mol. The highest BCUT2D eigenvalue weighted by Gasteiger charge is 2.17. The predicted octanol–water partition coefficient (Wildman–Crippen LogP) is -0.217. The number of rotatable bonds is 1. The van der Waals surface area contributed by atoms with Crippen LogP contribution in [0.15, 0.2) is 0 Å². The van der Waals surface area contributed by atoms with Crippen LogP contribution < -0.4 is 0 Å². The first-order valence-corrected chi connectivity index (χ1v) is 3.17. The fourth-order valence-corrected chi connectivity index (χ4v) is 0.868. The van der Waals surface area contributed by atoms with E-state index in [1.54, 1.807) is 0 Å². The maximum Gasteiger partial charge on any atom is 0.104 e. The number of ether oxygens (including phenoxy) is 2. The summed E-state index contributed by atoms with van der Waals surface area (Å²) in [6.45, 7) is 3.17. The van der Waals surface area contributed by atoms with Gasteiger partial charge < -0.3 is 14.6 Å². The molecule has 1 N–H and O–H groups in total. The SMILES string of the molecule is CC1COCC(CO)O1. The summed E-state index contributed by atoms with van der Waals surface area (Å²) in [6.07, 6.45) is 0.0321. The van der Waals surface area contributed by atoms with Crippen LogP contribution in [-0.2, 0) is 9.47 Å². The van der Waals surface area contributed by atoms with Gasteiger partial charge in [-0.15, -0.1) is 0 Å². The molecule has 0 aromatic carbocycles. The van der Waals surface area contributed by atoms with Crippen LogP contribution in [0.5, 0.6) is 0 Å². The first-order valence-electron chi connectivity index (χ1n) is 3.17. The molecule has 3 heteroatoms. The smallest absolute Gasteiger partial charge is 0.104 e. The van der Waals surface area contributed by atoms with Crippen LogP contribution in [0.3, 0.4) is 0 Å². The Balaban J connectivity index is 2.23. The van der Waals surface area contributed by atoms with Crippen LogP contribution in [0.4, 0.5) is 0 Å². The van der Waals surface area contributed by atoms with E-state index >= 15 is 0 Å². The summed E-state index contributed by atoms with van der Waals surface area (Å²) in [5.41, 5.74) is 0. The van der Waals surface area contributed by atoms with E-state index in [-0.39, 0.29) is 18.8 Å². The van der Waals surface area contributed by atoms with Crippen LogP contribution >= 0.6 is 0 Å². The second kappa shape index (κ2) is 3.15. The fourth-order valence-electron chi connectivity index (χ4n) is 0.868. The zero-order valence-corrected chi connectivity index (χ0v) is 5.54. The van der Waals surface area contributed by atoms with Crippen molar-refractivity contribution < 1.29 is 14.6 Å². The minimum atomic E-state index is -0.103. The van der Waals surface area contributed by atoms with Crippen molar-refractivity contribution in [2.45, 2.75) is 19.1 Å². The van der Waals surface area contributed by atoms with Crippen molar-refractivity contribution in [2.75, 3.05) is 19.8 Å². The van der Waals surface area contributed by atoms with E-state index in [9.17, 15) is 0 Å². The van der Waals surface area contributed by atoms with Gasteiger partial charge in [0, 0.05) is 0 Å². The molecule has 0 saturated carbocycles. The maximum absolute atomic E-state index is 8.60. The molecule has 1 rings (SSSR count). The quantitative estimate of drug-likeness (QED) is 0.536. The van der Waals surface area contributed by atoms with Gasteiger partial charge in [-0.05, 0) is 6.92 Å². The van der Waals surface area contributed by atoms with Crippen molar-refractivity contribution in [3.05, 3.63) is 0 Å². The third kappa shape index (κ3) is 1.93. The lowest BCUT2D eigenvalue weighted by atomic mass is 10.3. The van der Waals surface area contributed by atoms with Crippen molar-refractivity contribution in [3.63, 3.8) is 0 Å². The Labute approximate surface area is 54.6 Å². The lowest BCUT2D eigenvalue weighted by Crippen LogP contribution is -2.36. The van der Waals surface area contributed by atoms with Crippen LogP contribution in [0.25, 0.3) is 0 Å². The fraction of sp³-hybridized carbons (Fsp3) is 1.00. The van der Waals surface area contributed by atoms with Crippen molar-refractivity contribution in [1.82, 2.24) is 0 Å². The first-order chi connectivity index (χ1) is 4.33. The highest BCUT2D eigenvalue weighted by atomic mass is 16.6. The van der Waals surface area contributed by atoms with E-state index in [1.807, 2.05) is 6.92 Å². The van der Waals surface area contributed by atoms with Crippen LogP contribution in [0.1, 0.15) is 6.92 Å². The van der Waals surface area contributed by atoms with E-state index in [1.165, 1.54) is 0 Å². The molecule has 9 heavy (non-hydrogen) atoms. The highest BCUT2D eigenvalue weighted by molar-refractivity contribution is 4.62. The van der Waals surface area contributed by atoms with Gasteiger partial charge >= 0.3 is 0 Å². The summed E-state index contributed by atoms with van der Waals surface area (Å²) in [4.78, 5) is 0. The van der Waals surface area contributed by atoms with Gasteiger partial charge in [-0.3, -0.25) is 0 Å². The van der Waals surface area contributed by atoms with E-state index in [0.29, 0.717) is 13.2 Å². The summed E-state index contributed by atoms with van der Waals surface area (Å²) in [5.74, 6) is 0. The van der Waals surface area contributed by atoms with Gasteiger partial charge in [-0.2, -0.15) is 0 Å². The lowest BCUT2D eigenvalue weighted by Gasteiger charge is -2.26. The summed E-state index contributed by atoms with van der Waals surface area (Å²) in [7, 11) is 0. The van der Waals surface area contributed by atoms with Crippen molar-refractivity contribution in [2.24, 2.45) is 0 Å². The molecule has 1 aliphatic heterocycles. The Morgan fingerprint density at radius 3 is 2.78 bits per heavy atom. The molecule has 0 aromatic rings. The van der Waals surface area contributed by atoms with Gasteiger partial charge in [-0.1, -0.05) is 0 Å². The van der Waals surface area contributed by atoms with Gasteiger partial charge in [0.1, 0.15) is 6.10 Å². The number of aliphatic hydroxyl groups excluding tert-OH is 1. The van der Waals surface area contributed by atoms with Crippen LogP contribution in [0.2, 0.25) is 0 Å².